The summed E-state index contributed by atoms with van der Waals surface area (Å²) >= 11 is 0. The molecule has 2 aromatic carbocycles. The van der Waals surface area contributed by atoms with Crippen molar-refractivity contribution in [2.24, 2.45) is 0 Å². The maximum atomic E-state index is 11.4. The Morgan fingerprint density at radius 3 is 2.67 bits per heavy atom. The first-order chi connectivity index (χ1) is 14.5. The van der Waals surface area contributed by atoms with E-state index in [1.165, 1.54) is 0 Å². The van der Waals surface area contributed by atoms with Gasteiger partial charge >= 0.3 is 5.97 Å². The molecule has 1 fully saturated rings. The third-order valence-electron chi connectivity index (χ3n) is 4.94. The Morgan fingerprint density at radius 1 is 1.10 bits per heavy atom. The van der Waals surface area contributed by atoms with Crippen molar-refractivity contribution in [3.63, 3.8) is 0 Å². The number of ether oxygens (including phenoxy) is 4. The lowest BCUT2D eigenvalue weighted by Gasteiger charge is -2.16. The van der Waals surface area contributed by atoms with Crippen LogP contribution in [0.2, 0.25) is 0 Å². The summed E-state index contributed by atoms with van der Waals surface area (Å²) in [6, 6.07) is 13.7. The van der Waals surface area contributed by atoms with E-state index in [0.29, 0.717) is 36.7 Å². The highest BCUT2D eigenvalue weighted by Crippen LogP contribution is 2.37. The summed E-state index contributed by atoms with van der Waals surface area (Å²) in [6.07, 6.45) is 2.73. The number of fused-ring (bicyclic) bond motifs is 1. The number of benzene rings is 2. The highest BCUT2D eigenvalue weighted by Gasteiger charge is 2.24. The molecule has 0 spiro atoms. The molecule has 2 heterocycles. The van der Waals surface area contributed by atoms with Gasteiger partial charge in [-0.25, -0.2) is 0 Å². The molecule has 1 saturated heterocycles. The van der Waals surface area contributed by atoms with E-state index >= 15 is 0 Å². The minimum atomic E-state index is -0.208. The van der Waals surface area contributed by atoms with Gasteiger partial charge in [-0.15, -0.1) is 0 Å². The Hall–Kier alpha value is -3.28. The van der Waals surface area contributed by atoms with Gasteiger partial charge in [0.25, 0.3) is 0 Å². The van der Waals surface area contributed by atoms with Crippen LogP contribution in [0.25, 0.3) is 22.0 Å². The molecule has 156 valence electrons. The van der Waals surface area contributed by atoms with Gasteiger partial charge in [0.15, 0.2) is 11.5 Å². The van der Waals surface area contributed by atoms with Gasteiger partial charge in [0.2, 0.25) is 0 Å². The number of pyridine rings is 1. The van der Waals surface area contributed by atoms with Crippen LogP contribution in [0.3, 0.4) is 0 Å². The highest BCUT2D eigenvalue weighted by molar-refractivity contribution is 5.90. The third-order valence-corrected chi connectivity index (χ3v) is 4.94. The first-order valence-corrected chi connectivity index (χ1v) is 10.1. The van der Waals surface area contributed by atoms with Crippen LogP contribution in [-0.4, -0.2) is 36.9 Å². The first-order valence-electron chi connectivity index (χ1n) is 10.1. The van der Waals surface area contributed by atoms with E-state index in [1.54, 1.807) is 13.3 Å². The summed E-state index contributed by atoms with van der Waals surface area (Å²) in [6.45, 7) is 4.28. The Labute approximate surface area is 175 Å². The van der Waals surface area contributed by atoms with Crippen LogP contribution in [0.4, 0.5) is 0 Å². The molecule has 0 unspecified atom stereocenters. The summed E-state index contributed by atoms with van der Waals surface area (Å²) in [5.74, 6) is 1.91. The number of cyclic esters (lactones) is 1. The number of hydrogen-bond acceptors (Lipinski definition) is 6. The van der Waals surface area contributed by atoms with Crippen LogP contribution >= 0.6 is 0 Å². The van der Waals surface area contributed by atoms with Crippen molar-refractivity contribution >= 4 is 16.9 Å². The molecule has 1 aliphatic rings. The van der Waals surface area contributed by atoms with Gasteiger partial charge in [-0.2, -0.15) is 0 Å². The van der Waals surface area contributed by atoms with E-state index < -0.39 is 0 Å². The zero-order chi connectivity index (χ0) is 21.1. The quantitative estimate of drug-likeness (QED) is 0.525. The van der Waals surface area contributed by atoms with Gasteiger partial charge in [-0.3, -0.25) is 9.78 Å². The number of aromatic nitrogens is 1. The molecule has 1 aromatic heterocycles. The molecule has 1 atom stereocenters. The van der Waals surface area contributed by atoms with Gasteiger partial charge < -0.3 is 18.9 Å². The maximum Gasteiger partial charge on any atom is 0.306 e. The normalized spacial score (nSPS) is 16.0. The molecule has 6 heteroatoms. The lowest BCUT2D eigenvalue weighted by molar-refractivity contribution is -0.142. The fourth-order valence-corrected chi connectivity index (χ4v) is 3.52. The van der Waals surface area contributed by atoms with Crippen LogP contribution in [0.5, 0.6) is 17.2 Å². The molecule has 3 aromatic rings. The molecule has 0 radical (unpaired) electrons. The Morgan fingerprint density at radius 2 is 1.93 bits per heavy atom. The van der Waals surface area contributed by atoms with Gasteiger partial charge in [0.05, 0.1) is 18.7 Å². The second-order valence-corrected chi connectivity index (χ2v) is 7.54. The van der Waals surface area contributed by atoms with Gasteiger partial charge in [-0.05, 0) is 67.8 Å². The first kappa shape index (κ1) is 20.0. The number of methoxy groups -OCH3 is 1. The maximum absolute atomic E-state index is 11.4. The topological polar surface area (TPSA) is 66.9 Å². The van der Waals surface area contributed by atoms with Crippen molar-refractivity contribution in [2.45, 2.75) is 38.9 Å². The summed E-state index contributed by atoms with van der Waals surface area (Å²) in [5.41, 5.74) is 2.75. The van der Waals surface area contributed by atoms with Crippen LogP contribution in [-0.2, 0) is 9.53 Å². The van der Waals surface area contributed by atoms with E-state index in [4.69, 9.17) is 18.9 Å². The molecule has 1 aliphatic heterocycles. The van der Waals surface area contributed by atoms with Crippen molar-refractivity contribution in [2.75, 3.05) is 13.7 Å². The van der Waals surface area contributed by atoms with Crippen molar-refractivity contribution in [3.8, 4) is 28.4 Å². The predicted molar refractivity (Wildman–Crippen MR) is 114 cm³/mol. The van der Waals surface area contributed by atoms with E-state index in [-0.39, 0.29) is 18.2 Å². The highest BCUT2D eigenvalue weighted by atomic mass is 16.6. The third kappa shape index (κ3) is 4.32. The molecule has 0 aliphatic carbocycles. The largest absolute Gasteiger partial charge is 0.493 e. The summed E-state index contributed by atoms with van der Waals surface area (Å²) < 4.78 is 22.7. The SMILES string of the molecule is COc1cc(-c2cc(OC[C@H]3CCC(=O)O3)c3cccnc3c2)ccc1OC(C)C. The van der Waals surface area contributed by atoms with Crippen molar-refractivity contribution < 1.29 is 23.7 Å². The fraction of sp³-hybridized carbons (Fsp3) is 0.333. The molecule has 0 saturated carbocycles. The van der Waals surface area contributed by atoms with Crippen LogP contribution < -0.4 is 14.2 Å². The molecule has 0 amide bonds. The lowest BCUT2D eigenvalue weighted by Crippen LogP contribution is -2.17. The molecular weight excluding hydrogens is 382 g/mol. The van der Waals surface area contributed by atoms with Crippen molar-refractivity contribution in [1.29, 1.82) is 0 Å². The van der Waals surface area contributed by atoms with Crippen LogP contribution in [0.15, 0.2) is 48.7 Å². The molecule has 0 bridgehead atoms. The molecular formula is C24H25NO5. The van der Waals surface area contributed by atoms with Gasteiger partial charge in [-0.1, -0.05) is 6.07 Å². The second-order valence-electron chi connectivity index (χ2n) is 7.54. The second kappa shape index (κ2) is 8.61. The average Bonchev–Trinajstić information content (AvgIpc) is 3.16. The monoisotopic (exact) mass is 407 g/mol. The van der Waals surface area contributed by atoms with E-state index in [2.05, 4.69) is 4.98 Å². The van der Waals surface area contributed by atoms with Gasteiger partial charge in [0.1, 0.15) is 18.5 Å². The van der Waals surface area contributed by atoms with Crippen molar-refractivity contribution in [1.82, 2.24) is 4.98 Å². The smallest absolute Gasteiger partial charge is 0.306 e. The number of rotatable bonds is 7. The minimum absolute atomic E-state index is 0.0549. The standard InChI is InChI=1S/C24H25NO5/c1-15(2)29-21-8-6-16(12-23(21)27-3)17-11-20-19(5-4-10-25-20)22(13-17)28-14-18-7-9-24(26)30-18/h4-6,8,10-13,15,18H,7,9,14H2,1-3H3/t18-/m1/s1. The molecule has 30 heavy (non-hydrogen) atoms. The fourth-order valence-electron chi connectivity index (χ4n) is 3.52. The molecule has 0 N–H and O–H groups in total. The van der Waals surface area contributed by atoms with Crippen LogP contribution in [0.1, 0.15) is 26.7 Å². The Bertz CT molecular complexity index is 1060. The lowest BCUT2D eigenvalue weighted by atomic mass is 10.0. The van der Waals surface area contributed by atoms with E-state index in [9.17, 15) is 4.79 Å². The zero-order valence-electron chi connectivity index (χ0n) is 17.4. The number of nitrogens with zero attached hydrogens (tertiary/aromatic N) is 1. The van der Waals surface area contributed by atoms with Crippen molar-refractivity contribution in [3.05, 3.63) is 48.7 Å². The Kier molecular flexibility index (Phi) is 5.74. The number of carbonyl (C=O) groups is 1. The van der Waals surface area contributed by atoms with Crippen LogP contribution in [0, 0.1) is 0 Å². The number of esters is 1. The molecule has 4 rings (SSSR count). The number of carbonyl (C=O) groups excluding carboxylic acids is 1. The molecule has 6 nitrogen and oxygen atoms in total. The minimum Gasteiger partial charge on any atom is -0.493 e. The average molecular weight is 407 g/mol. The summed E-state index contributed by atoms with van der Waals surface area (Å²) in [5, 5.41) is 0.914. The number of hydrogen-bond donors (Lipinski definition) is 0. The van der Waals surface area contributed by atoms with E-state index in [0.717, 1.165) is 22.0 Å². The predicted octanol–water partition coefficient (Wildman–Crippen LogP) is 4.78. The van der Waals surface area contributed by atoms with E-state index in [1.807, 2.05) is 56.3 Å². The Balaban J connectivity index is 1.68. The zero-order valence-corrected chi connectivity index (χ0v) is 17.4. The van der Waals surface area contributed by atoms with Gasteiger partial charge in [0, 0.05) is 18.0 Å². The summed E-state index contributed by atoms with van der Waals surface area (Å²) in [4.78, 5) is 15.9. The summed E-state index contributed by atoms with van der Waals surface area (Å²) in [7, 11) is 1.63.